The van der Waals surface area contributed by atoms with Crippen molar-refractivity contribution in [1.82, 2.24) is 15.6 Å². The van der Waals surface area contributed by atoms with Crippen molar-refractivity contribution in [2.45, 2.75) is 49.7 Å². The van der Waals surface area contributed by atoms with E-state index in [1.165, 1.54) is 24.3 Å². The van der Waals surface area contributed by atoms with Crippen molar-refractivity contribution < 1.29 is 27.2 Å². The molecule has 1 atom stereocenters. The summed E-state index contributed by atoms with van der Waals surface area (Å²) < 4.78 is 54.5. The van der Waals surface area contributed by atoms with Gasteiger partial charge in [-0.15, -0.1) is 0 Å². The molecule has 4 rings (SSSR count). The number of carbonyl (C=O) groups excluding carboxylic acids is 2. The number of hydrogen-bond acceptors (Lipinski definition) is 2. The average molecular weight is 458 g/mol. The second kappa shape index (κ2) is 7.85. The van der Waals surface area contributed by atoms with E-state index >= 15 is 0 Å². The molecule has 5 nitrogen and oxygen atoms in total. The van der Waals surface area contributed by atoms with Crippen molar-refractivity contribution in [2.24, 2.45) is 0 Å². The minimum atomic E-state index is -4.47. The normalized spacial score (nSPS) is 19.9. The third kappa shape index (κ3) is 4.03. The number of amides is 2. The van der Waals surface area contributed by atoms with E-state index in [2.05, 4.69) is 15.6 Å². The highest BCUT2D eigenvalue weighted by Gasteiger charge is 2.66. The maximum absolute atomic E-state index is 13.7. The van der Waals surface area contributed by atoms with E-state index in [9.17, 15) is 27.2 Å². The molecule has 3 N–H and O–H groups in total. The number of aromatic amines is 1. The van der Waals surface area contributed by atoms with Crippen LogP contribution in [-0.2, 0) is 21.4 Å². The van der Waals surface area contributed by atoms with Gasteiger partial charge in [-0.1, -0.05) is 11.6 Å². The van der Waals surface area contributed by atoms with Gasteiger partial charge in [0, 0.05) is 18.7 Å². The van der Waals surface area contributed by atoms with Crippen molar-refractivity contribution in [3.63, 3.8) is 0 Å². The van der Waals surface area contributed by atoms with E-state index in [0.29, 0.717) is 29.8 Å². The summed E-state index contributed by atoms with van der Waals surface area (Å²) in [5.74, 6) is -1.14. The molecule has 1 aromatic carbocycles. The Bertz CT molecular complexity index is 1010. The molecule has 1 saturated carbocycles. The first-order chi connectivity index (χ1) is 14.6. The van der Waals surface area contributed by atoms with E-state index in [-0.39, 0.29) is 42.3 Å². The van der Waals surface area contributed by atoms with Gasteiger partial charge in [0.2, 0.25) is 11.8 Å². The molecule has 2 fully saturated rings. The topological polar surface area (TPSA) is 74.0 Å². The number of carbonyl (C=O) groups is 2. The van der Waals surface area contributed by atoms with Crippen LogP contribution in [0.1, 0.15) is 36.9 Å². The zero-order chi connectivity index (χ0) is 22.4. The maximum Gasteiger partial charge on any atom is 0.399 e. The first-order valence-corrected chi connectivity index (χ1v) is 10.3. The Balaban J connectivity index is 1.63. The number of benzene rings is 1. The number of hydrogen-bond donors (Lipinski definition) is 3. The van der Waals surface area contributed by atoms with Crippen LogP contribution in [0, 0.1) is 5.82 Å². The summed E-state index contributed by atoms with van der Waals surface area (Å²) in [7, 11) is 0. The Hall–Kier alpha value is -2.55. The Morgan fingerprint density at radius 3 is 2.45 bits per heavy atom. The molecular weight excluding hydrogens is 438 g/mol. The van der Waals surface area contributed by atoms with Crippen LogP contribution in [0.4, 0.5) is 17.6 Å². The van der Waals surface area contributed by atoms with Crippen molar-refractivity contribution in [3.05, 3.63) is 46.4 Å². The van der Waals surface area contributed by atoms with Gasteiger partial charge in [-0.25, -0.2) is 4.39 Å². The number of nitrogens with one attached hydrogen (secondary N) is 3. The lowest BCUT2D eigenvalue weighted by Gasteiger charge is -2.18. The minimum absolute atomic E-state index is 0.0550. The third-order valence-corrected chi connectivity index (χ3v) is 6.34. The minimum Gasteiger partial charge on any atom is -0.356 e. The van der Waals surface area contributed by atoms with Crippen LogP contribution in [0.3, 0.4) is 0 Å². The molecule has 31 heavy (non-hydrogen) atoms. The van der Waals surface area contributed by atoms with Crippen molar-refractivity contribution in [2.75, 3.05) is 6.54 Å². The molecule has 10 heteroatoms. The molecule has 0 spiro atoms. The van der Waals surface area contributed by atoms with Crippen LogP contribution in [0.5, 0.6) is 0 Å². The fraction of sp³-hybridized carbons (Fsp3) is 0.429. The predicted octanol–water partition coefficient (Wildman–Crippen LogP) is 4.01. The Kier molecular flexibility index (Phi) is 5.49. The summed E-state index contributed by atoms with van der Waals surface area (Å²) in [6.45, 7) is 0.477. The largest absolute Gasteiger partial charge is 0.399 e. The SMILES string of the molecule is O=C(CCc1c(-c2ccc(F)cc2)[nH]c(C2(C(F)(F)F)CC2)c1Cl)NC1CCNC1=O. The standard InChI is InChI=1S/C21H20ClF4N3O2/c22-16-13(5-6-15(30)28-14-7-10-27-19(14)31)17(11-1-3-12(23)4-2-11)29-18(16)20(8-9-20)21(24,25)26/h1-4,14,29H,5-10H2,(H,27,31)(H,28,30). The van der Waals surface area contributed by atoms with Gasteiger partial charge in [0.05, 0.1) is 10.7 Å². The predicted molar refractivity (Wildman–Crippen MR) is 106 cm³/mol. The molecule has 166 valence electrons. The van der Waals surface area contributed by atoms with Crippen molar-refractivity contribution >= 4 is 23.4 Å². The Morgan fingerprint density at radius 1 is 1.23 bits per heavy atom. The van der Waals surface area contributed by atoms with Crippen LogP contribution in [-0.4, -0.2) is 35.6 Å². The third-order valence-electron chi connectivity index (χ3n) is 5.93. The zero-order valence-corrected chi connectivity index (χ0v) is 17.1. The number of alkyl halides is 3. The highest BCUT2D eigenvalue weighted by molar-refractivity contribution is 6.32. The summed E-state index contributed by atoms with van der Waals surface area (Å²) in [6, 6.07) is 4.69. The number of rotatable bonds is 6. The zero-order valence-electron chi connectivity index (χ0n) is 16.3. The Labute approximate surface area is 180 Å². The van der Waals surface area contributed by atoms with E-state index in [1.807, 2.05) is 0 Å². The first-order valence-electron chi connectivity index (χ1n) is 9.93. The molecule has 2 amide bonds. The van der Waals surface area contributed by atoms with E-state index in [0.717, 1.165) is 0 Å². The van der Waals surface area contributed by atoms with E-state index in [4.69, 9.17) is 11.6 Å². The lowest BCUT2D eigenvalue weighted by molar-refractivity contribution is -0.161. The van der Waals surface area contributed by atoms with Crippen LogP contribution < -0.4 is 10.6 Å². The van der Waals surface area contributed by atoms with Gasteiger partial charge in [-0.2, -0.15) is 13.2 Å². The maximum atomic E-state index is 13.7. The molecule has 0 radical (unpaired) electrons. The smallest absolute Gasteiger partial charge is 0.356 e. The van der Waals surface area contributed by atoms with E-state index < -0.39 is 29.4 Å². The van der Waals surface area contributed by atoms with Crippen LogP contribution in [0.15, 0.2) is 24.3 Å². The molecule has 1 saturated heterocycles. The molecule has 2 heterocycles. The van der Waals surface area contributed by atoms with E-state index in [1.54, 1.807) is 0 Å². The molecule has 2 aliphatic rings. The summed E-state index contributed by atoms with van der Waals surface area (Å²) >= 11 is 6.42. The number of aromatic nitrogens is 1. The summed E-state index contributed by atoms with van der Waals surface area (Å²) in [5, 5.41) is 5.19. The fourth-order valence-corrected chi connectivity index (χ4v) is 4.40. The summed E-state index contributed by atoms with van der Waals surface area (Å²) in [4.78, 5) is 26.8. The van der Waals surface area contributed by atoms with Crippen LogP contribution in [0.25, 0.3) is 11.3 Å². The molecule has 0 bridgehead atoms. The van der Waals surface area contributed by atoms with Crippen LogP contribution >= 0.6 is 11.6 Å². The highest BCUT2D eigenvalue weighted by Crippen LogP contribution is 2.61. The first kappa shape index (κ1) is 21.7. The number of halogens is 5. The second-order valence-electron chi connectivity index (χ2n) is 7.95. The molecule has 1 unspecified atom stereocenters. The van der Waals surface area contributed by atoms with Gasteiger partial charge in [0.1, 0.15) is 17.3 Å². The van der Waals surface area contributed by atoms with Crippen LogP contribution in [0.2, 0.25) is 5.02 Å². The monoisotopic (exact) mass is 457 g/mol. The molecular formula is C21H20ClF4N3O2. The lowest BCUT2D eigenvalue weighted by atomic mass is 9.99. The van der Waals surface area contributed by atoms with Gasteiger partial charge in [0.25, 0.3) is 0 Å². The number of H-pyrrole nitrogens is 1. The van der Waals surface area contributed by atoms with Crippen molar-refractivity contribution in [3.8, 4) is 11.3 Å². The average Bonchev–Trinajstić information content (AvgIpc) is 3.34. The summed E-state index contributed by atoms with van der Waals surface area (Å²) in [6.07, 6.45) is -4.13. The molecule has 2 aromatic rings. The van der Waals surface area contributed by atoms with Gasteiger partial charge in [0.15, 0.2) is 0 Å². The van der Waals surface area contributed by atoms with Crippen molar-refractivity contribution in [1.29, 1.82) is 0 Å². The Morgan fingerprint density at radius 2 is 1.90 bits per heavy atom. The quantitative estimate of drug-likeness (QED) is 0.573. The van der Waals surface area contributed by atoms with Gasteiger partial charge < -0.3 is 15.6 Å². The fourth-order valence-electron chi connectivity index (χ4n) is 3.98. The highest BCUT2D eigenvalue weighted by atomic mass is 35.5. The molecule has 1 aromatic heterocycles. The van der Waals surface area contributed by atoms with Gasteiger partial charge >= 0.3 is 6.18 Å². The second-order valence-corrected chi connectivity index (χ2v) is 8.33. The molecule has 1 aliphatic heterocycles. The lowest BCUT2D eigenvalue weighted by Crippen LogP contribution is -2.40. The van der Waals surface area contributed by atoms with Gasteiger partial charge in [-0.3, -0.25) is 9.59 Å². The van der Waals surface area contributed by atoms with Gasteiger partial charge in [-0.05, 0) is 61.1 Å². The molecule has 1 aliphatic carbocycles. The summed E-state index contributed by atoms with van der Waals surface area (Å²) in [5.41, 5.74) is -0.974.